The van der Waals surface area contributed by atoms with Crippen LogP contribution in [0.1, 0.15) is 26.7 Å². The molecule has 0 N–H and O–H groups in total. The van der Waals surface area contributed by atoms with Crippen LogP contribution in [0.15, 0.2) is 12.2 Å². The highest BCUT2D eigenvalue weighted by Gasteiger charge is 2.32. The van der Waals surface area contributed by atoms with Crippen molar-refractivity contribution in [2.75, 3.05) is 7.11 Å². The Labute approximate surface area is 95.6 Å². The molecule has 0 radical (unpaired) electrons. The molecule has 0 aromatic heterocycles. The summed E-state index contributed by atoms with van der Waals surface area (Å²) in [6.45, 7) is 4.15. The minimum atomic E-state index is -0.551. The topological polar surface area (TPSA) is 52.6 Å². The van der Waals surface area contributed by atoms with Crippen LogP contribution >= 0.6 is 0 Å². The molecule has 0 amide bonds. The molecule has 4 nitrogen and oxygen atoms in total. The van der Waals surface area contributed by atoms with Crippen molar-refractivity contribution in [1.82, 2.24) is 0 Å². The Kier molecular flexibility index (Phi) is 4.52. The molecule has 0 aromatic rings. The standard InChI is InChI=1S/C12H18O4/c1-8-4-5-9(2)12(8)16-11(14)7-6-10(13)15-3/h6-9,12H,4-5H2,1-3H3/b7-6-. The lowest BCUT2D eigenvalue weighted by atomic mass is 10.0. The van der Waals surface area contributed by atoms with E-state index in [9.17, 15) is 9.59 Å². The van der Waals surface area contributed by atoms with Gasteiger partial charge in [-0.25, -0.2) is 9.59 Å². The molecule has 0 aliphatic heterocycles. The van der Waals surface area contributed by atoms with Crippen LogP contribution in [-0.2, 0) is 19.1 Å². The van der Waals surface area contributed by atoms with Gasteiger partial charge in [-0.1, -0.05) is 13.8 Å². The molecule has 1 rings (SSSR count). The fourth-order valence-corrected chi connectivity index (χ4v) is 2.02. The Morgan fingerprint density at radius 2 is 1.56 bits per heavy atom. The summed E-state index contributed by atoms with van der Waals surface area (Å²) in [6.07, 6.45) is 4.32. The second kappa shape index (κ2) is 5.68. The second-order valence-electron chi connectivity index (χ2n) is 4.29. The highest BCUT2D eigenvalue weighted by atomic mass is 16.5. The van der Waals surface area contributed by atoms with Gasteiger partial charge in [0.15, 0.2) is 0 Å². The van der Waals surface area contributed by atoms with Gasteiger partial charge in [0.05, 0.1) is 7.11 Å². The number of esters is 2. The fraction of sp³-hybridized carbons (Fsp3) is 0.667. The molecule has 16 heavy (non-hydrogen) atoms. The van der Waals surface area contributed by atoms with Crippen molar-refractivity contribution in [3.8, 4) is 0 Å². The molecule has 90 valence electrons. The quantitative estimate of drug-likeness (QED) is 0.543. The first kappa shape index (κ1) is 12.7. The number of hydrogen-bond acceptors (Lipinski definition) is 4. The van der Waals surface area contributed by atoms with E-state index in [0.29, 0.717) is 11.8 Å². The molecule has 0 saturated heterocycles. The highest BCUT2D eigenvalue weighted by molar-refractivity contribution is 5.91. The molecule has 0 spiro atoms. The van der Waals surface area contributed by atoms with Crippen molar-refractivity contribution in [1.29, 1.82) is 0 Å². The van der Waals surface area contributed by atoms with E-state index in [2.05, 4.69) is 18.6 Å². The normalized spacial score (nSPS) is 29.3. The number of carbonyl (C=O) groups excluding carboxylic acids is 2. The average Bonchev–Trinajstić information content (AvgIpc) is 2.57. The summed E-state index contributed by atoms with van der Waals surface area (Å²) in [5, 5.41) is 0. The zero-order chi connectivity index (χ0) is 12.1. The Bertz CT molecular complexity index is 285. The second-order valence-corrected chi connectivity index (χ2v) is 4.29. The first-order chi connectivity index (χ1) is 7.54. The Balaban J connectivity index is 2.45. The predicted octanol–water partition coefficient (Wildman–Crippen LogP) is 1.69. The molecular formula is C12H18O4. The molecule has 1 aliphatic carbocycles. The molecule has 0 heterocycles. The number of ether oxygens (including phenoxy) is 2. The molecule has 1 aliphatic rings. The summed E-state index contributed by atoms with van der Waals surface area (Å²) in [4.78, 5) is 22.2. The first-order valence-electron chi connectivity index (χ1n) is 5.51. The van der Waals surface area contributed by atoms with E-state index in [1.165, 1.54) is 7.11 Å². The van der Waals surface area contributed by atoms with Gasteiger partial charge in [-0.05, 0) is 24.7 Å². The SMILES string of the molecule is COC(=O)/C=C\C(=O)OC1C(C)CCC1C. The van der Waals surface area contributed by atoms with Crippen molar-refractivity contribution in [3.63, 3.8) is 0 Å². The first-order valence-corrected chi connectivity index (χ1v) is 5.51. The third kappa shape index (κ3) is 3.36. The van der Waals surface area contributed by atoms with Crippen LogP contribution in [0.25, 0.3) is 0 Å². The van der Waals surface area contributed by atoms with Crippen molar-refractivity contribution < 1.29 is 19.1 Å². The Morgan fingerprint density at radius 1 is 1.06 bits per heavy atom. The van der Waals surface area contributed by atoms with Crippen LogP contribution in [0.3, 0.4) is 0 Å². The third-order valence-electron chi connectivity index (χ3n) is 3.01. The van der Waals surface area contributed by atoms with Crippen LogP contribution in [0.2, 0.25) is 0 Å². The van der Waals surface area contributed by atoms with E-state index in [1.807, 2.05) is 0 Å². The van der Waals surface area contributed by atoms with Crippen molar-refractivity contribution in [3.05, 3.63) is 12.2 Å². The molecule has 0 bridgehead atoms. The van der Waals surface area contributed by atoms with Gasteiger partial charge < -0.3 is 9.47 Å². The molecule has 1 saturated carbocycles. The molecule has 0 aromatic carbocycles. The maximum absolute atomic E-state index is 11.4. The zero-order valence-electron chi connectivity index (χ0n) is 9.93. The van der Waals surface area contributed by atoms with Crippen LogP contribution in [0.4, 0.5) is 0 Å². The van der Waals surface area contributed by atoms with Crippen molar-refractivity contribution in [2.24, 2.45) is 11.8 Å². The number of rotatable bonds is 3. The minimum absolute atomic E-state index is 0.0326. The summed E-state index contributed by atoms with van der Waals surface area (Å²) in [7, 11) is 1.26. The molecular weight excluding hydrogens is 208 g/mol. The van der Waals surface area contributed by atoms with Gasteiger partial charge in [0, 0.05) is 12.2 Å². The van der Waals surface area contributed by atoms with Gasteiger partial charge in [-0.3, -0.25) is 0 Å². The van der Waals surface area contributed by atoms with Crippen LogP contribution < -0.4 is 0 Å². The summed E-state index contributed by atoms with van der Waals surface area (Å²) in [6, 6.07) is 0. The highest BCUT2D eigenvalue weighted by Crippen LogP contribution is 2.32. The molecule has 2 atom stereocenters. The van der Waals surface area contributed by atoms with E-state index in [-0.39, 0.29) is 6.10 Å². The van der Waals surface area contributed by atoms with Gasteiger partial charge >= 0.3 is 11.9 Å². The van der Waals surface area contributed by atoms with Gasteiger partial charge in [0.2, 0.25) is 0 Å². The van der Waals surface area contributed by atoms with E-state index >= 15 is 0 Å². The predicted molar refractivity (Wildman–Crippen MR) is 58.6 cm³/mol. The Morgan fingerprint density at radius 3 is 2.06 bits per heavy atom. The third-order valence-corrected chi connectivity index (χ3v) is 3.01. The monoisotopic (exact) mass is 226 g/mol. The van der Waals surface area contributed by atoms with Crippen molar-refractivity contribution >= 4 is 11.9 Å². The van der Waals surface area contributed by atoms with Gasteiger partial charge in [-0.2, -0.15) is 0 Å². The van der Waals surface area contributed by atoms with Crippen LogP contribution in [0, 0.1) is 11.8 Å². The van der Waals surface area contributed by atoms with E-state index in [0.717, 1.165) is 25.0 Å². The van der Waals surface area contributed by atoms with E-state index < -0.39 is 11.9 Å². The van der Waals surface area contributed by atoms with Gasteiger partial charge in [0.1, 0.15) is 6.10 Å². The lowest BCUT2D eigenvalue weighted by Gasteiger charge is -2.19. The average molecular weight is 226 g/mol. The fourth-order valence-electron chi connectivity index (χ4n) is 2.02. The lowest BCUT2D eigenvalue weighted by molar-refractivity contribution is -0.147. The largest absolute Gasteiger partial charge is 0.466 e. The molecule has 4 heteroatoms. The number of carbonyl (C=O) groups is 2. The molecule has 1 fully saturated rings. The van der Waals surface area contributed by atoms with Crippen molar-refractivity contribution in [2.45, 2.75) is 32.8 Å². The summed E-state index contributed by atoms with van der Waals surface area (Å²) in [5.41, 5.74) is 0. The number of hydrogen-bond donors (Lipinski definition) is 0. The van der Waals surface area contributed by atoms with E-state index in [4.69, 9.17) is 4.74 Å². The summed E-state index contributed by atoms with van der Waals surface area (Å²) < 4.78 is 9.68. The zero-order valence-corrected chi connectivity index (χ0v) is 9.93. The summed E-state index contributed by atoms with van der Waals surface area (Å²) >= 11 is 0. The smallest absolute Gasteiger partial charge is 0.331 e. The maximum Gasteiger partial charge on any atom is 0.331 e. The maximum atomic E-state index is 11.4. The minimum Gasteiger partial charge on any atom is -0.466 e. The van der Waals surface area contributed by atoms with Crippen LogP contribution in [0.5, 0.6) is 0 Å². The summed E-state index contributed by atoms with van der Waals surface area (Å²) in [5.74, 6) is -0.239. The lowest BCUT2D eigenvalue weighted by Crippen LogP contribution is -2.24. The van der Waals surface area contributed by atoms with Crippen LogP contribution in [-0.4, -0.2) is 25.2 Å². The number of methoxy groups -OCH3 is 1. The van der Waals surface area contributed by atoms with Gasteiger partial charge in [-0.15, -0.1) is 0 Å². The van der Waals surface area contributed by atoms with Gasteiger partial charge in [0.25, 0.3) is 0 Å². The van der Waals surface area contributed by atoms with E-state index in [1.54, 1.807) is 0 Å². The molecule has 2 unspecified atom stereocenters. The Hall–Kier alpha value is -1.32.